The number of fused-ring (bicyclic) bond motifs is 4. The van der Waals surface area contributed by atoms with Crippen LogP contribution in [0.1, 0.15) is 48.0 Å². The summed E-state index contributed by atoms with van der Waals surface area (Å²) in [5.41, 5.74) is 1.22. The van der Waals surface area contributed by atoms with Gasteiger partial charge >= 0.3 is 0 Å². The van der Waals surface area contributed by atoms with Crippen LogP contribution in [0.2, 0.25) is 0 Å². The number of hydrogen-bond acceptors (Lipinski definition) is 7. The van der Waals surface area contributed by atoms with E-state index in [2.05, 4.69) is 29.4 Å². The quantitative estimate of drug-likeness (QED) is 0.519. The van der Waals surface area contributed by atoms with E-state index >= 15 is 0 Å². The van der Waals surface area contributed by atoms with Crippen LogP contribution >= 0.6 is 0 Å². The van der Waals surface area contributed by atoms with Crippen LogP contribution in [-0.2, 0) is 22.6 Å². The lowest BCUT2D eigenvalue weighted by Crippen LogP contribution is -2.39. The molecule has 40 heavy (non-hydrogen) atoms. The number of amides is 3. The minimum atomic E-state index is -0.396. The summed E-state index contributed by atoms with van der Waals surface area (Å²) in [6.45, 7) is 6.57. The van der Waals surface area contributed by atoms with Crippen LogP contribution in [0.15, 0.2) is 53.3 Å². The van der Waals surface area contributed by atoms with Gasteiger partial charge in [0.25, 0.3) is 5.91 Å². The first-order valence-corrected chi connectivity index (χ1v) is 13.9. The van der Waals surface area contributed by atoms with Crippen molar-refractivity contribution >= 4 is 17.7 Å². The normalized spacial score (nSPS) is 20.0. The third-order valence-electron chi connectivity index (χ3n) is 7.36. The lowest BCUT2D eigenvalue weighted by Gasteiger charge is -2.24. The van der Waals surface area contributed by atoms with Crippen molar-refractivity contribution in [2.75, 3.05) is 39.3 Å². The first kappa shape index (κ1) is 27.4. The average molecular weight is 549 g/mol. The van der Waals surface area contributed by atoms with Crippen LogP contribution in [0.3, 0.4) is 0 Å². The molecule has 0 radical (unpaired) electrons. The number of aromatic nitrogens is 3. The number of ether oxygens (including phenoxy) is 1. The highest BCUT2D eigenvalue weighted by atomic mass is 16.5. The molecular formula is C29H36N6O5. The van der Waals surface area contributed by atoms with Crippen LogP contribution in [0, 0.1) is 11.8 Å². The maximum Gasteiger partial charge on any atom is 0.276 e. The minimum absolute atomic E-state index is 0.0760. The zero-order valence-electron chi connectivity index (χ0n) is 23.0. The average Bonchev–Trinajstić information content (AvgIpc) is 3.70. The molecule has 2 aliphatic rings. The summed E-state index contributed by atoms with van der Waals surface area (Å²) in [5, 5.41) is 11.2. The number of nitrogens with one attached hydrogen (secondary N) is 1. The first-order valence-electron chi connectivity index (χ1n) is 13.9. The number of carbonyl (C=O) groups excluding carboxylic acids is 3. The van der Waals surface area contributed by atoms with Crippen LogP contribution in [0.25, 0.3) is 0 Å². The molecule has 0 unspecified atom stereocenters. The van der Waals surface area contributed by atoms with Crippen molar-refractivity contribution in [1.29, 1.82) is 0 Å². The summed E-state index contributed by atoms with van der Waals surface area (Å²) in [4.78, 5) is 43.1. The number of carbonyl (C=O) groups is 3. The Balaban J connectivity index is 1.30. The molecule has 0 spiro atoms. The molecule has 1 aromatic carbocycles. The molecule has 5 rings (SSSR count). The van der Waals surface area contributed by atoms with Gasteiger partial charge in [-0.25, -0.2) is 0 Å². The molecule has 1 N–H and O–H groups in total. The van der Waals surface area contributed by atoms with Crippen molar-refractivity contribution < 1.29 is 23.6 Å². The molecule has 11 nitrogen and oxygen atoms in total. The van der Waals surface area contributed by atoms with Crippen molar-refractivity contribution in [3.8, 4) is 5.75 Å². The van der Waals surface area contributed by atoms with Gasteiger partial charge in [-0.2, -0.15) is 5.10 Å². The highest BCUT2D eigenvalue weighted by Gasteiger charge is 2.40. The Labute approximate surface area is 233 Å². The fourth-order valence-corrected chi connectivity index (χ4v) is 5.35. The molecule has 3 aromatic rings. The zero-order chi connectivity index (χ0) is 28.1. The second-order valence-corrected chi connectivity index (χ2v) is 10.8. The van der Waals surface area contributed by atoms with Gasteiger partial charge in [0.1, 0.15) is 24.7 Å². The zero-order valence-corrected chi connectivity index (χ0v) is 23.0. The molecule has 4 heterocycles. The molecule has 2 bridgehead atoms. The number of rotatable bonds is 5. The summed E-state index contributed by atoms with van der Waals surface area (Å²) >= 11 is 0. The maximum atomic E-state index is 13.4. The summed E-state index contributed by atoms with van der Waals surface area (Å²) in [6, 6.07) is 11.1. The highest BCUT2D eigenvalue weighted by molar-refractivity contribution is 5.92. The van der Waals surface area contributed by atoms with Crippen LogP contribution < -0.4 is 10.1 Å². The van der Waals surface area contributed by atoms with E-state index < -0.39 is 5.92 Å². The number of likely N-dealkylation sites (tertiary alicyclic amines) is 1. The molecule has 0 aliphatic carbocycles. The molecular weight excluding hydrogens is 512 g/mol. The summed E-state index contributed by atoms with van der Waals surface area (Å²) in [7, 11) is 0. The van der Waals surface area contributed by atoms with Crippen molar-refractivity contribution in [3.05, 3.63) is 65.8 Å². The van der Waals surface area contributed by atoms with Crippen molar-refractivity contribution in [2.24, 2.45) is 11.8 Å². The van der Waals surface area contributed by atoms with Gasteiger partial charge < -0.3 is 24.4 Å². The lowest BCUT2D eigenvalue weighted by molar-refractivity contribution is -0.131. The maximum absolute atomic E-state index is 13.4. The second kappa shape index (κ2) is 12.4. The van der Waals surface area contributed by atoms with E-state index in [1.54, 1.807) is 39.0 Å². The van der Waals surface area contributed by atoms with Gasteiger partial charge in [-0.1, -0.05) is 31.1 Å². The smallest absolute Gasteiger partial charge is 0.276 e. The van der Waals surface area contributed by atoms with E-state index in [0.29, 0.717) is 69.6 Å². The number of benzene rings is 1. The Morgan fingerprint density at radius 1 is 1.10 bits per heavy atom. The van der Waals surface area contributed by atoms with Crippen LogP contribution in [-0.4, -0.2) is 81.8 Å². The minimum Gasteiger partial charge on any atom is -0.492 e. The molecule has 11 heteroatoms. The molecule has 2 aliphatic heterocycles. The third-order valence-corrected chi connectivity index (χ3v) is 7.36. The Morgan fingerprint density at radius 2 is 1.95 bits per heavy atom. The Hall–Kier alpha value is -4.15. The van der Waals surface area contributed by atoms with Crippen LogP contribution in [0.4, 0.5) is 0 Å². The van der Waals surface area contributed by atoms with E-state index in [1.165, 1.54) is 0 Å². The molecule has 212 valence electrons. The Bertz CT molecular complexity index is 1320. The fraction of sp³-hybridized carbons (Fsp3) is 0.483. The molecule has 0 saturated carbocycles. The number of hydrogen-bond donors (Lipinski definition) is 1. The molecule has 1 fully saturated rings. The second-order valence-electron chi connectivity index (χ2n) is 10.8. The van der Waals surface area contributed by atoms with Gasteiger partial charge in [0, 0.05) is 57.0 Å². The topological polar surface area (TPSA) is 123 Å². The molecule has 2 aromatic heterocycles. The van der Waals surface area contributed by atoms with Crippen molar-refractivity contribution in [3.63, 3.8) is 0 Å². The lowest BCUT2D eigenvalue weighted by atomic mass is 9.88. The van der Waals surface area contributed by atoms with Crippen molar-refractivity contribution in [1.82, 2.24) is 30.1 Å². The van der Waals surface area contributed by atoms with Gasteiger partial charge in [-0.3, -0.25) is 19.1 Å². The molecule has 3 amide bonds. The highest BCUT2D eigenvalue weighted by Crippen LogP contribution is 2.34. The summed E-state index contributed by atoms with van der Waals surface area (Å²) in [5.74, 6) is 0.775. The van der Waals surface area contributed by atoms with Gasteiger partial charge in [-0.05, 0) is 36.1 Å². The fourth-order valence-electron chi connectivity index (χ4n) is 5.35. The predicted molar refractivity (Wildman–Crippen MR) is 146 cm³/mol. The summed E-state index contributed by atoms with van der Waals surface area (Å²) < 4.78 is 13.0. The summed E-state index contributed by atoms with van der Waals surface area (Å²) in [6.07, 6.45) is 4.66. The third kappa shape index (κ3) is 6.52. The van der Waals surface area contributed by atoms with E-state index in [0.717, 1.165) is 5.56 Å². The Morgan fingerprint density at radius 3 is 2.75 bits per heavy atom. The van der Waals surface area contributed by atoms with E-state index in [9.17, 15) is 14.4 Å². The monoisotopic (exact) mass is 548 g/mol. The Kier molecular flexibility index (Phi) is 8.47. The number of nitrogens with zero attached hydrogens (tertiary/aromatic N) is 5. The van der Waals surface area contributed by atoms with Crippen molar-refractivity contribution in [2.45, 2.75) is 39.2 Å². The van der Waals surface area contributed by atoms with Gasteiger partial charge in [0.05, 0.1) is 12.5 Å². The van der Waals surface area contributed by atoms with E-state index in [-0.39, 0.29) is 35.9 Å². The first-order chi connectivity index (χ1) is 19.4. The standard InChI is InChI=1S/C29H36N6O5/c1-20(2)14-23-16-26(32-40-23)29(38)33-10-4-8-30-28(37)25-18-34(27(36)19-35-11-5-9-31-35)17-24(25)21-6-3-7-22(15-21)39-13-12-33/h3,5-7,9,11,15-16,20,24-25H,4,8,10,12-14,17-19H2,1-2H3,(H,30,37)/t24-,25+/m1/s1. The molecule has 2 atom stereocenters. The largest absolute Gasteiger partial charge is 0.492 e. The SMILES string of the molecule is CC(C)Cc1cc(C(=O)N2CCCNC(=O)[C@H]3CN(C(=O)Cn4cccn4)C[C@@H]3c3cccc(c3)OCC2)no1. The molecule has 1 saturated heterocycles. The van der Waals surface area contributed by atoms with Crippen LogP contribution in [0.5, 0.6) is 5.75 Å². The van der Waals surface area contributed by atoms with E-state index in [1.807, 2.05) is 24.3 Å². The van der Waals surface area contributed by atoms with Gasteiger partial charge in [0.2, 0.25) is 11.8 Å². The predicted octanol–water partition coefficient (Wildman–Crippen LogP) is 2.35. The van der Waals surface area contributed by atoms with Gasteiger partial charge in [0.15, 0.2) is 5.69 Å². The van der Waals surface area contributed by atoms with Gasteiger partial charge in [-0.15, -0.1) is 0 Å². The van der Waals surface area contributed by atoms with E-state index in [4.69, 9.17) is 9.26 Å².